The molecular formula is C13H21N3. The zero-order chi connectivity index (χ0) is 11.4. The summed E-state index contributed by atoms with van der Waals surface area (Å²) in [6.07, 6.45) is 8.53. The molecule has 0 atom stereocenters. The second-order valence-corrected chi connectivity index (χ2v) is 4.79. The van der Waals surface area contributed by atoms with Gasteiger partial charge in [-0.2, -0.15) is 0 Å². The molecule has 3 nitrogen and oxygen atoms in total. The Balaban J connectivity index is 1.81. The normalized spacial score (nSPS) is 25.6. The van der Waals surface area contributed by atoms with Crippen molar-refractivity contribution in [3.8, 4) is 0 Å². The van der Waals surface area contributed by atoms with Crippen molar-refractivity contribution < 1.29 is 0 Å². The van der Waals surface area contributed by atoms with Crippen LogP contribution in [-0.4, -0.2) is 17.1 Å². The average molecular weight is 219 g/mol. The zero-order valence-electron chi connectivity index (χ0n) is 9.95. The van der Waals surface area contributed by atoms with Gasteiger partial charge in [-0.25, -0.2) is 0 Å². The fourth-order valence-electron chi connectivity index (χ4n) is 2.26. The van der Waals surface area contributed by atoms with Gasteiger partial charge in [0.2, 0.25) is 0 Å². The fraction of sp³-hybridized carbons (Fsp3) is 0.615. The molecule has 1 aliphatic carbocycles. The summed E-state index contributed by atoms with van der Waals surface area (Å²) >= 11 is 0. The molecule has 1 aromatic heterocycles. The van der Waals surface area contributed by atoms with Gasteiger partial charge in [-0.3, -0.25) is 4.98 Å². The van der Waals surface area contributed by atoms with Crippen LogP contribution in [0.3, 0.4) is 0 Å². The van der Waals surface area contributed by atoms with E-state index in [9.17, 15) is 0 Å². The van der Waals surface area contributed by atoms with Crippen molar-refractivity contribution in [2.75, 3.05) is 0 Å². The van der Waals surface area contributed by atoms with E-state index in [1.165, 1.54) is 24.0 Å². The van der Waals surface area contributed by atoms with Crippen LogP contribution in [0.4, 0.5) is 0 Å². The third-order valence-corrected chi connectivity index (χ3v) is 3.50. The Morgan fingerprint density at radius 1 is 1.38 bits per heavy atom. The van der Waals surface area contributed by atoms with Crippen molar-refractivity contribution in [3.05, 3.63) is 29.6 Å². The fourth-order valence-corrected chi connectivity index (χ4v) is 2.26. The van der Waals surface area contributed by atoms with Crippen LogP contribution in [0.15, 0.2) is 18.5 Å². The lowest BCUT2D eigenvalue weighted by Crippen LogP contribution is -2.37. The van der Waals surface area contributed by atoms with E-state index in [1.807, 2.05) is 12.4 Å². The van der Waals surface area contributed by atoms with Crippen LogP contribution in [0.2, 0.25) is 0 Å². The third kappa shape index (κ3) is 3.03. The van der Waals surface area contributed by atoms with Crippen LogP contribution < -0.4 is 11.1 Å². The van der Waals surface area contributed by atoms with Crippen LogP contribution in [0.25, 0.3) is 0 Å². The van der Waals surface area contributed by atoms with Crippen LogP contribution in [-0.2, 0) is 6.54 Å². The first kappa shape index (κ1) is 11.6. The summed E-state index contributed by atoms with van der Waals surface area (Å²) in [6, 6.07) is 3.13. The predicted octanol–water partition coefficient (Wildman–Crippen LogP) is 1.75. The highest BCUT2D eigenvalue weighted by molar-refractivity contribution is 5.21. The van der Waals surface area contributed by atoms with Gasteiger partial charge in [-0.15, -0.1) is 0 Å². The highest BCUT2D eigenvalue weighted by atomic mass is 14.9. The van der Waals surface area contributed by atoms with Crippen LogP contribution in [0, 0.1) is 6.92 Å². The third-order valence-electron chi connectivity index (χ3n) is 3.50. The van der Waals surface area contributed by atoms with Crippen LogP contribution in [0.5, 0.6) is 0 Å². The number of aryl methyl sites for hydroxylation is 1. The lowest BCUT2D eigenvalue weighted by Gasteiger charge is -2.27. The molecule has 0 bridgehead atoms. The molecule has 0 unspecified atom stereocenters. The number of rotatable bonds is 3. The Hall–Kier alpha value is -0.930. The smallest absolute Gasteiger partial charge is 0.0315 e. The van der Waals surface area contributed by atoms with E-state index in [1.54, 1.807) is 0 Å². The van der Waals surface area contributed by atoms with Gasteiger partial charge in [0.15, 0.2) is 0 Å². The molecule has 0 spiro atoms. The van der Waals surface area contributed by atoms with E-state index >= 15 is 0 Å². The number of hydrogen-bond acceptors (Lipinski definition) is 3. The van der Waals surface area contributed by atoms with Gasteiger partial charge >= 0.3 is 0 Å². The Labute approximate surface area is 97.5 Å². The maximum atomic E-state index is 5.89. The molecule has 0 aliphatic heterocycles. The first-order valence-corrected chi connectivity index (χ1v) is 6.14. The summed E-state index contributed by atoms with van der Waals surface area (Å²) in [5.41, 5.74) is 8.51. The number of aromatic nitrogens is 1. The Bertz CT molecular complexity index is 330. The molecule has 1 heterocycles. The monoisotopic (exact) mass is 219 g/mol. The standard InChI is InChI=1S/C13H21N3/c1-10-6-7-15-8-11(10)9-16-13-4-2-12(14)3-5-13/h6-8,12-13,16H,2-5,9,14H2,1H3. The van der Waals surface area contributed by atoms with Crippen molar-refractivity contribution >= 4 is 0 Å². The first-order valence-electron chi connectivity index (χ1n) is 6.14. The van der Waals surface area contributed by atoms with Crippen molar-refractivity contribution in [1.82, 2.24) is 10.3 Å². The molecule has 3 N–H and O–H groups in total. The predicted molar refractivity (Wildman–Crippen MR) is 66.0 cm³/mol. The molecule has 3 heteroatoms. The average Bonchev–Trinajstić information content (AvgIpc) is 2.30. The SMILES string of the molecule is Cc1ccncc1CNC1CCC(N)CC1. The second-order valence-electron chi connectivity index (χ2n) is 4.79. The number of nitrogens with one attached hydrogen (secondary N) is 1. The van der Waals surface area contributed by atoms with E-state index in [-0.39, 0.29) is 0 Å². The highest BCUT2D eigenvalue weighted by Crippen LogP contribution is 2.17. The van der Waals surface area contributed by atoms with Gasteiger partial charge in [-0.1, -0.05) is 0 Å². The Morgan fingerprint density at radius 3 is 2.81 bits per heavy atom. The minimum Gasteiger partial charge on any atom is -0.328 e. The molecule has 1 aliphatic rings. The lowest BCUT2D eigenvalue weighted by atomic mass is 9.91. The topological polar surface area (TPSA) is 50.9 Å². The van der Waals surface area contributed by atoms with Gasteiger partial charge in [0, 0.05) is 31.0 Å². The van der Waals surface area contributed by atoms with E-state index in [0.717, 1.165) is 19.4 Å². The zero-order valence-corrected chi connectivity index (χ0v) is 9.95. The minimum absolute atomic E-state index is 0.429. The summed E-state index contributed by atoms with van der Waals surface area (Å²) in [5.74, 6) is 0. The summed E-state index contributed by atoms with van der Waals surface area (Å²) in [7, 11) is 0. The van der Waals surface area contributed by atoms with Gasteiger partial charge in [-0.05, 0) is 49.8 Å². The van der Waals surface area contributed by atoms with Crippen molar-refractivity contribution in [2.24, 2.45) is 5.73 Å². The van der Waals surface area contributed by atoms with E-state index in [0.29, 0.717) is 12.1 Å². The Morgan fingerprint density at radius 2 is 2.12 bits per heavy atom. The first-order chi connectivity index (χ1) is 7.75. The van der Waals surface area contributed by atoms with Gasteiger partial charge in [0.25, 0.3) is 0 Å². The highest BCUT2D eigenvalue weighted by Gasteiger charge is 2.17. The van der Waals surface area contributed by atoms with Gasteiger partial charge in [0.05, 0.1) is 0 Å². The molecule has 0 saturated heterocycles. The largest absolute Gasteiger partial charge is 0.328 e. The molecule has 0 radical (unpaired) electrons. The number of pyridine rings is 1. The molecule has 1 aromatic rings. The number of hydrogen-bond donors (Lipinski definition) is 2. The summed E-state index contributed by atoms with van der Waals surface area (Å²) in [5, 5.41) is 3.60. The van der Waals surface area contributed by atoms with E-state index < -0.39 is 0 Å². The number of nitrogens with zero attached hydrogens (tertiary/aromatic N) is 1. The summed E-state index contributed by atoms with van der Waals surface area (Å²) < 4.78 is 0. The maximum Gasteiger partial charge on any atom is 0.0315 e. The van der Waals surface area contributed by atoms with Crippen molar-refractivity contribution in [2.45, 2.75) is 51.2 Å². The molecule has 0 aromatic carbocycles. The van der Waals surface area contributed by atoms with E-state index in [4.69, 9.17) is 5.73 Å². The molecule has 1 fully saturated rings. The molecule has 16 heavy (non-hydrogen) atoms. The van der Waals surface area contributed by atoms with Gasteiger partial charge in [0.1, 0.15) is 0 Å². The van der Waals surface area contributed by atoms with Crippen LogP contribution >= 0.6 is 0 Å². The van der Waals surface area contributed by atoms with Crippen molar-refractivity contribution in [3.63, 3.8) is 0 Å². The molecule has 88 valence electrons. The lowest BCUT2D eigenvalue weighted by molar-refractivity contribution is 0.341. The second kappa shape index (κ2) is 5.41. The maximum absolute atomic E-state index is 5.89. The molecule has 2 rings (SSSR count). The molecule has 1 saturated carbocycles. The molecular weight excluding hydrogens is 198 g/mol. The quantitative estimate of drug-likeness (QED) is 0.814. The minimum atomic E-state index is 0.429. The van der Waals surface area contributed by atoms with Gasteiger partial charge < -0.3 is 11.1 Å². The summed E-state index contributed by atoms with van der Waals surface area (Å²) in [6.45, 7) is 3.06. The van der Waals surface area contributed by atoms with E-state index in [2.05, 4.69) is 23.3 Å². The van der Waals surface area contributed by atoms with Crippen LogP contribution in [0.1, 0.15) is 36.8 Å². The Kier molecular flexibility index (Phi) is 3.91. The molecule has 0 amide bonds. The summed E-state index contributed by atoms with van der Waals surface area (Å²) in [4.78, 5) is 4.16. The number of nitrogens with two attached hydrogens (primary N) is 1. The van der Waals surface area contributed by atoms with Crippen molar-refractivity contribution in [1.29, 1.82) is 0 Å².